The number of carbonyl (C=O) groups is 1. The van der Waals surface area contributed by atoms with Crippen LogP contribution in [0.5, 0.6) is 0 Å². The average Bonchev–Trinajstić information content (AvgIpc) is 3.45. The van der Waals surface area contributed by atoms with Gasteiger partial charge < -0.3 is 15.0 Å². The van der Waals surface area contributed by atoms with Crippen LogP contribution in [0.15, 0.2) is 36.7 Å². The number of urea groups is 1. The molecule has 2 saturated heterocycles. The molecule has 0 saturated carbocycles. The number of anilines is 1. The van der Waals surface area contributed by atoms with Crippen molar-refractivity contribution >= 4 is 22.8 Å². The van der Waals surface area contributed by atoms with Crippen LogP contribution in [0.1, 0.15) is 37.2 Å². The van der Waals surface area contributed by atoms with Crippen molar-refractivity contribution in [3.8, 4) is 5.69 Å². The van der Waals surface area contributed by atoms with Crippen molar-refractivity contribution in [1.82, 2.24) is 19.7 Å². The first-order chi connectivity index (χ1) is 14.7. The second-order valence-electron chi connectivity index (χ2n) is 7.93. The lowest BCUT2D eigenvalue weighted by Gasteiger charge is -2.21. The SMILES string of the molecule is O=C(Nc1ccc(F)c(-n2cc3cc(C4CCOCC4)cnc3n2)c1)N1CCCC1. The van der Waals surface area contributed by atoms with Crippen LogP contribution in [-0.2, 0) is 4.74 Å². The highest BCUT2D eigenvalue weighted by atomic mass is 19.1. The highest BCUT2D eigenvalue weighted by molar-refractivity contribution is 5.89. The molecule has 4 heterocycles. The number of carbonyl (C=O) groups excluding carboxylic acids is 1. The third-order valence-electron chi connectivity index (χ3n) is 5.91. The van der Waals surface area contributed by atoms with Gasteiger partial charge >= 0.3 is 6.03 Å². The van der Waals surface area contributed by atoms with Gasteiger partial charge in [0.05, 0.1) is 0 Å². The Balaban J connectivity index is 1.41. The second-order valence-corrected chi connectivity index (χ2v) is 7.93. The fraction of sp³-hybridized carbons (Fsp3) is 0.409. The molecule has 0 atom stereocenters. The number of likely N-dealkylation sites (tertiary alicyclic amines) is 1. The van der Waals surface area contributed by atoms with Crippen LogP contribution in [0.25, 0.3) is 16.7 Å². The molecule has 8 heteroatoms. The summed E-state index contributed by atoms with van der Waals surface area (Å²) < 4.78 is 21.5. The van der Waals surface area contributed by atoms with Gasteiger partial charge in [-0.05, 0) is 61.4 Å². The Bertz CT molecular complexity index is 1070. The van der Waals surface area contributed by atoms with Gasteiger partial charge in [-0.25, -0.2) is 18.9 Å². The van der Waals surface area contributed by atoms with Gasteiger partial charge in [0, 0.05) is 49.8 Å². The standard InChI is InChI=1S/C22H24FN5O2/c23-19-4-3-18(25-22(29)27-7-1-2-8-27)12-20(19)28-14-17-11-16(13-24-21(17)26-28)15-5-9-30-10-6-15/h3-4,11-15H,1-2,5-10H2,(H,25,29). The van der Waals surface area contributed by atoms with Gasteiger partial charge in [-0.1, -0.05) is 0 Å². The van der Waals surface area contributed by atoms with Crippen molar-refractivity contribution < 1.29 is 13.9 Å². The molecule has 0 bridgehead atoms. The minimum atomic E-state index is -0.411. The molecule has 2 amide bonds. The van der Waals surface area contributed by atoms with Crippen molar-refractivity contribution in [1.29, 1.82) is 0 Å². The Hall–Kier alpha value is -3.00. The third-order valence-corrected chi connectivity index (χ3v) is 5.91. The number of benzene rings is 1. The number of nitrogens with zero attached hydrogens (tertiary/aromatic N) is 4. The number of nitrogens with one attached hydrogen (secondary N) is 1. The van der Waals surface area contributed by atoms with Gasteiger partial charge in [0.1, 0.15) is 11.5 Å². The van der Waals surface area contributed by atoms with E-state index in [9.17, 15) is 9.18 Å². The summed E-state index contributed by atoms with van der Waals surface area (Å²) in [5.41, 5.74) is 2.55. The highest BCUT2D eigenvalue weighted by Gasteiger charge is 2.20. The molecule has 2 aliphatic rings. The van der Waals surface area contributed by atoms with Gasteiger partial charge in [0.2, 0.25) is 0 Å². The van der Waals surface area contributed by atoms with Crippen LogP contribution in [-0.4, -0.2) is 52.0 Å². The smallest absolute Gasteiger partial charge is 0.321 e. The predicted octanol–water partition coefficient (Wildman–Crippen LogP) is 4.08. The molecule has 1 N–H and O–H groups in total. The molecule has 3 aromatic rings. The van der Waals surface area contributed by atoms with E-state index in [4.69, 9.17) is 4.74 Å². The maximum absolute atomic E-state index is 14.6. The van der Waals surface area contributed by atoms with E-state index in [2.05, 4.69) is 21.5 Å². The van der Waals surface area contributed by atoms with Crippen LogP contribution in [0.3, 0.4) is 0 Å². The fourth-order valence-electron chi connectivity index (χ4n) is 4.20. The lowest BCUT2D eigenvalue weighted by atomic mass is 9.93. The monoisotopic (exact) mass is 409 g/mol. The summed E-state index contributed by atoms with van der Waals surface area (Å²) in [6.45, 7) is 3.04. The summed E-state index contributed by atoms with van der Waals surface area (Å²) in [6, 6.07) is 6.45. The van der Waals surface area contributed by atoms with E-state index in [-0.39, 0.29) is 11.7 Å². The summed E-state index contributed by atoms with van der Waals surface area (Å²) in [5, 5.41) is 8.17. The molecule has 0 unspecified atom stereocenters. The molecule has 1 aromatic carbocycles. The maximum atomic E-state index is 14.6. The molecule has 0 spiro atoms. The largest absolute Gasteiger partial charge is 0.381 e. The lowest BCUT2D eigenvalue weighted by molar-refractivity contribution is 0.0853. The van der Waals surface area contributed by atoms with Crippen molar-refractivity contribution in [2.45, 2.75) is 31.6 Å². The van der Waals surface area contributed by atoms with Crippen molar-refractivity contribution in [3.63, 3.8) is 0 Å². The molecule has 2 aliphatic heterocycles. The van der Waals surface area contributed by atoms with Gasteiger partial charge in [-0.15, -0.1) is 5.10 Å². The summed E-state index contributed by atoms with van der Waals surface area (Å²) in [5.74, 6) is 0.0199. The Kier molecular flexibility index (Phi) is 5.08. The van der Waals surface area contributed by atoms with E-state index >= 15 is 0 Å². The Morgan fingerprint density at radius 1 is 1.17 bits per heavy atom. The van der Waals surface area contributed by atoms with Crippen LogP contribution in [0.2, 0.25) is 0 Å². The lowest BCUT2D eigenvalue weighted by Crippen LogP contribution is -2.32. The highest BCUT2D eigenvalue weighted by Crippen LogP contribution is 2.29. The zero-order valence-corrected chi connectivity index (χ0v) is 16.7. The van der Waals surface area contributed by atoms with Gasteiger partial charge in [0.15, 0.2) is 5.65 Å². The number of aromatic nitrogens is 3. The molecule has 0 aliphatic carbocycles. The minimum Gasteiger partial charge on any atom is -0.381 e. The zero-order valence-electron chi connectivity index (χ0n) is 16.7. The van der Waals surface area contributed by atoms with Gasteiger partial charge in [0.25, 0.3) is 0 Å². The van der Waals surface area contributed by atoms with E-state index in [0.717, 1.165) is 62.9 Å². The number of amides is 2. The van der Waals surface area contributed by atoms with Gasteiger partial charge in [-0.2, -0.15) is 0 Å². The van der Waals surface area contributed by atoms with Gasteiger partial charge in [-0.3, -0.25) is 0 Å². The molecule has 0 radical (unpaired) electrons. The van der Waals surface area contributed by atoms with E-state index < -0.39 is 5.82 Å². The Morgan fingerprint density at radius 2 is 1.97 bits per heavy atom. The number of hydrogen-bond donors (Lipinski definition) is 1. The predicted molar refractivity (Wildman–Crippen MR) is 111 cm³/mol. The first kappa shape index (κ1) is 19.0. The molecule has 5 rings (SSSR count). The Morgan fingerprint density at radius 3 is 2.77 bits per heavy atom. The van der Waals surface area contributed by atoms with E-state index in [1.165, 1.54) is 10.7 Å². The summed E-state index contributed by atoms with van der Waals surface area (Å²) in [6.07, 6.45) is 7.65. The first-order valence-corrected chi connectivity index (χ1v) is 10.5. The maximum Gasteiger partial charge on any atom is 0.321 e. The number of halogens is 1. The number of ether oxygens (including phenoxy) is 1. The summed E-state index contributed by atoms with van der Waals surface area (Å²) in [4.78, 5) is 18.6. The zero-order chi connectivity index (χ0) is 20.5. The van der Waals surface area contributed by atoms with Crippen LogP contribution >= 0.6 is 0 Å². The van der Waals surface area contributed by atoms with Crippen molar-refractivity contribution in [2.24, 2.45) is 0 Å². The Labute approximate surface area is 173 Å². The normalized spacial score (nSPS) is 17.6. The molecule has 30 heavy (non-hydrogen) atoms. The molecule has 2 aromatic heterocycles. The van der Waals surface area contributed by atoms with E-state index in [1.807, 2.05) is 6.20 Å². The summed E-state index contributed by atoms with van der Waals surface area (Å²) in [7, 11) is 0. The quantitative estimate of drug-likeness (QED) is 0.708. The van der Waals surface area contributed by atoms with Crippen LogP contribution in [0, 0.1) is 5.82 Å². The average molecular weight is 409 g/mol. The van der Waals surface area contributed by atoms with E-state index in [1.54, 1.807) is 23.2 Å². The van der Waals surface area contributed by atoms with E-state index in [0.29, 0.717) is 17.3 Å². The van der Waals surface area contributed by atoms with Crippen LogP contribution in [0.4, 0.5) is 14.9 Å². The molecule has 2 fully saturated rings. The van der Waals surface area contributed by atoms with Crippen molar-refractivity contribution in [2.75, 3.05) is 31.6 Å². The second kappa shape index (κ2) is 8.02. The number of hydrogen-bond acceptors (Lipinski definition) is 4. The number of pyridine rings is 1. The third kappa shape index (κ3) is 3.75. The fourth-order valence-corrected chi connectivity index (χ4v) is 4.20. The molecule has 156 valence electrons. The molecular formula is C22H24FN5O2. The molecular weight excluding hydrogens is 385 g/mol. The number of rotatable bonds is 3. The topological polar surface area (TPSA) is 72.3 Å². The number of fused-ring (bicyclic) bond motifs is 1. The first-order valence-electron chi connectivity index (χ1n) is 10.5. The minimum absolute atomic E-state index is 0.154. The summed E-state index contributed by atoms with van der Waals surface area (Å²) >= 11 is 0. The van der Waals surface area contributed by atoms with Crippen LogP contribution < -0.4 is 5.32 Å². The van der Waals surface area contributed by atoms with Crippen molar-refractivity contribution in [3.05, 3.63) is 48.0 Å². The molecule has 7 nitrogen and oxygen atoms in total.